The van der Waals surface area contributed by atoms with Crippen LogP contribution >= 0.6 is 0 Å². The molecule has 0 rings (SSSR count). The Labute approximate surface area is 56.8 Å². The fourth-order valence-corrected chi connectivity index (χ4v) is 0.751. The van der Waals surface area contributed by atoms with E-state index < -0.39 is 11.2 Å². The number of rotatable bonds is 0. The fraction of sp³-hybridized carbons (Fsp3) is 0.500. The van der Waals surface area contributed by atoms with Gasteiger partial charge in [-0.2, -0.15) is 5.26 Å². The van der Waals surface area contributed by atoms with Crippen molar-refractivity contribution >= 4 is 16.3 Å². The molecule has 0 aliphatic heterocycles. The van der Waals surface area contributed by atoms with Crippen molar-refractivity contribution in [2.45, 2.75) is 0 Å². The Morgan fingerprint density at radius 3 is 2.56 bits per heavy atom. The number of hydrogen-bond acceptors (Lipinski definition) is 3. The van der Waals surface area contributed by atoms with Gasteiger partial charge in [-0.05, 0) is 0 Å². The number of nitrogens with zero attached hydrogens (tertiary/aromatic N) is 2. The first kappa shape index (κ1) is 8.27. The van der Waals surface area contributed by atoms with Gasteiger partial charge in [-0.1, -0.05) is 0 Å². The smallest absolute Gasteiger partial charge is 0.324 e. The van der Waals surface area contributed by atoms with Crippen molar-refractivity contribution in [3.05, 3.63) is 0 Å². The van der Waals surface area contributed by atoms with Gasteiger partial charge in [-0.15, -0.1) is 0 Å². The Kier molecular flexibility index (Phi) is 3.84. The Bertz CT molecular complexity index is 148. The summed E-state index contributed by atoms with van der Waals surface area (Å²) in [5.74, 6) is 0. The maximum Gasteiger partial charge on any atom is 0.324 e. The maximum absolute atomic E-state index is 10.5. The topological polar surface area (TPSA) is 71.2 Å². The predicted octanol–water partition coefficient (Wildman–Crippen LogP) is -0.579. The SMILES string of the molecule is CN=C(NC#N)[S+](C)[O-]. The molecule has 0 aliphatic carbocycles. The molecule has 0 aromatic carbocycles. The van der Waals surface area contributed by atoms with Crippen molar-refractivity contribution in [3.63, 3.8) is 0 Å². The molecule has 0 heterocycles. The molecular weight excluding hydrogens is 138 g/mol. The minimum Gasteiger partial charge on any atom is -0.609 e. The van der Waals surface area contributed by atoms with Crippen molar-refractivity contribution in [2.24, 2.45) is 4.99 Å². The van der Waals surface area contributed by atoms with Gasteiger partial charge in [0.2, 0.25) is 0 Å². The standard InChI is InChI=1S/C4H7N3OS/c1-6-4(7-3-5)9(2)8/h1-2H3,(H,6,7). The highest BCUT2D eigenvalue weighted by molar-refractivity contribution is 8.05. The second-order valence-electron chi connectivity index (χ2n) is 1.22. The maximum atomic E-state index is 10.5. The summed E-state index contributed by atoms with van der Waals surface area (Å²) < 4.78 is 10.5. The van der Waals surface area contributed by atoms with Crippen LogP contribution in [-0.2, 0) is 11.2 Å². The molecule has 0 saturated heterocycles. The van der Waals surface area contributed by atoms with Crippen molar-refractivity contribution in [1.29, 1.82) is 5.26 Å². The van der Waals surface area contributed by atoms with Crippen molar-refractivity contribution < 1.29 is 4.55 Å². The first-order chi connectivity index (χ1) is 4.22. The molecule has 1 atom stereocenters. The highest BCUT2D eigenvalue weighted by Crippen LogP contribution is 1.83. The average Bonchev–Trinajstić information content (AvgIpc) is 1.82. The summed E-state index contributed by atoms with van der Waals surface area (Å²) in [5.41, 5.74) is 0. The van der Waals surface area contributed by atoms with E-state index in [4.69, 9.17) is 5.26 Å². The molecule has 0 spiro atoms. The molecule has 0 aromatic rings. The van der Waals surface area contributed by atoms with Gasteiger partial charge < -0.3 is 4.55 Å². The van der Waals surface area contributed by atoms with E-state index in [9.17, 15) is 4.55 Å². The molecule has 0 fully saturated rings. The zero-order valence-corrected chi connectivity index (χ0v) is 6.03. The molecule has 0 saturated carbocycles. The van der Waals surface area contributed by atoms with E-state index in [0.717, 1.165) is 0 Å². The van der Waals surface area contributed by atoms with E-state index in [1.54, 1.807) is 6.19 Å². The molecule has 1 unspecified atom stereocenters. The molecule has 0 aromatic heterocycles. The molecule has 9 heavy (non-hydrogen) atoms. The zero-order chi connectivity index (χ0) is 7.28. The zero-order valence-electron chi connectivity index (χ0n) is 5.21. The van der Waals surface area contributed by atoms with E-state index in [0.29, 0.717) is 0 Å². The monoisotopic (exact) mass is 145 g/mol. The fourth-order valence-electron chi connectivity index (χ4n) is 0.304. The number of amidine groups is 1. The quantitative estimate of drug-likeness (QED) is 0.163. The Balaban J connectivity index is 3.89. The van der Waals surface area contributed by atoms with Crippen molar-refractivity contribution in [1.82, 2.24) is 5.32 Å². The number of hydrogen-bond donors (Lipinski definition) is 1. The van der Waals surface area contributed by atoms with Crippen LogP contribution in [0.2, 0.25) is 0 Å². The second kappa shape index (κ2) is 4.18. The third-order valence-electron chi connectivity index (χ3n) is 0.638. The van der Waals surface area contributed by atoms with E-state index in [-0.39, 0.29) is 5.17 Å². The summed E-state index contributed by atoms with van der Waals surface area (Å²) in [6, 6.07) is 0. The molecule has 0 radical (unpaired) electrons. The summed E-state index contributed by atoms with van der Waals surface area (Å²) in [7, 11) is 1.47. The number of aliphatic imine (C=N–C) groups is 1. The van der Waals surface area contributed by atoms with Crippen LogP contribution in [0.3, 0.4) is 0 Å². The summed E-state index contributed by atoms with van der Waals surface area (Å²) in [6.45, 7) is 0. The van der Waals surface area contributed by atoms with E-state index >= 15 is 0 Å². The van der Waals surface area contributed by atoms with Gasteiger partial charge >= 0.3 is 5.17 Å². The third kappa shape index (κ3) is 2.95. The summed E-state index contributed by atoms with van der Waals surface area (Å²) in [6.07, 6.45) is 3.08. The Hall–Kier alpha value is -0.730. The first-order valence-electron chi connectivity index (χ1n) is 2.17. The highest BCUT2D eigenvalue weighted by Gasteiger charge is 2.06. The Morgan fingerprint density at radius 2 is 2.44 bits per heavy atom. The Morgan fingerprint density at radius 1 is 1.89 bits per heavy atom. The van der Waals surface area contributed by atoms with Crippen LogP contribution in [0, 0.1) is 11.5 Å². The summed E-state index contributed by atoms with van der Waals surface area (Å²) in [4.78, 5) is 3.56. The van der Waals surface area contributed by atoms with Crippen LogP contribution in [0.5, 0.6) is 0 Å². The number of nitriles is 1. The molecule has 1 N–H and O–H groups in total. The average molecular weight is 145 g/mol. The molecule has 0 amide bonds. The van der Waals surface area contributed by atoms with Gasteiger partial charge in [-0.25, -0.2) is 10.3 Å². The van der Waals surface area contributed by atoms with Crippen LogP contribution in [0.25, 0.3) is 0 Å². The largest absolute Gasteiger partial charge is 0.609 e. The lowest BCUT2D eigenvalue weighted by Crippen LogP contribution is -2.26. The first-order valence-corrected chi connectivity index (χ1v) is 3.73. The van der Waals surface area contributed by atoms with Gasteiger partial charge in [0.25, 0.3) is 0 Å². The van der Waals surface area contributed by atoms with E-state index in [1.165, 1.54) is 13.3 Å². The molecule has 0 bridgehead atoms. The minimum atomic E-state index is -1.19. The van der Waals surface area contributed by atoms with E-state index in [2.05, 4.69) is 10.3 Å². The van der Waals surface area contributed by atoms with Crippen LogP contribution in [-0.4, -0.2) is 23.0 Å². The van der Waals surface area contributed by atoms with Crippen LogP contribution in [0.4, 0.5) is 0 Å². The van der Waals surface area contributed by atoms with Crippen LogP contribution < -0.4 is 5.32 Å². The van der Waals surface area contributed by atoms with Crippen LogP contribution in [0.15, 0.2) is 4.99 Å². The van der Waals surface area contributed by atoms with Crippen molar-refractivity contribution in [3.8, 4) is 6.19 Å². The van der Waals surface area contributed by atoms with Gasteiger partial charge in [-0.3, -0.25) is 0 Å². The van der Waals surface area contributed by atoms with E-state index in [1.807, 2.05) is 0 Å². The van der Waals surface area contributed by atoms with Crippen molar-refractivity contribution in [2.75, 3.05) is 13.3 Å². The third-order valence-corrected chi connectivity index (χ3v) is 1.47. The lowest BCUT2D eigenvalue weighted by atomic mass is 11.1. The highest BCUT2D eigenvalue weighted by atomic mass is 32.2. The normalized spacial score (nSPS) is 14.2. The van der Waals surface area contributed by atoms with Crippen LogP contribution in [0.1, 0.15) is 0 Å². The summed E-state index contributed by atoms with van der Waals surface area (Å²) >= 11 is -1.19. The van der Waals surface area contributed by atoms with Gasteiger partial charge in [0.1, 0.15) is 6.26 Å². The molecule has 4 nitrogen and oxygen atoms in total. The number of nitrogens with one attached hydrogen (secondary N) is 1. The predicted molar refractivity (Wildman–Crippen MR) is 36.2 cm³/mol. The molecule has 0 aliphatic rings. The lowest BCUT2D eigenvalue weighted by molar-refractivity contribution is 0.610. The van der Waals surface area contributed by atoms with Gasteiger partial charge in [0.15, 0.2) is 6.19 Å². The molecule has 50 valence electrons. The molecule has 5 heteroatoms. The van der Waals surface area contributed by atoms with Gasteiger partial charge in [0.05, 0.1) is 0 Å². The summed E-state index contributed by atoms with van der Waals surface area (Å²) in [5, 5.41) is 10.4. The molecular formula is C4H7N3OS. The second-order valence-corrected chi connectivity index (χ2v) is 2.51. The minimum absolute atomic E-state index is 0.206. The lowest BCUT2D eigenvalue weighted by Gasteiger charge is -2.01. The van der Waals surface area contributed by atoms with Gasteiger partial charge in [0, 0.05) is 18.2 Å².